The van der Waals surface area contributed by atoms with Crippen molar-refractivity contribution in [2.45, 2.75) is 11.8 Å². The van der Waals surface area contributed by atoms with Crippen molar-refractivity contribution >= 4 is 21.6 Å². The fourth-order valence-corrected chi connectivity index (χ4v) is 4.40. The van der Waals surface area contributed by atoms with Gasteiger partial charge in [0, 0.05) is 31.9 Å². The monoisotopic (exact) mass is 391 g/mol. The number of nitrogens with one attached hydrogen (secondary N) is 1. The average molecular weight is 391 g/mol. The lowest BCUT2D eigenvalue weighted by molar-refractivity contribution is -0.117. The summed E-state index contributed by atoms with van der Waals surface area (Å²) in [5.74, 6) is -0.720. The summed E-state index contributed by atoms with van der Waals surface area (Å²) in [6.45, 7) is 3.57. The first-order valence-electron chi connectivity index (χ1n) is 8.69. The van der Waals surface area contributed by atoms with Crippen molar-refractivity contribution in [2.75, 3.05) is 38.0 Å². The van der Waals surface area contributed by atoms with Crippen molar-refractivity contribution in [1.82, 2.24) is 9.21 Å². The summed E-state index contributed by atoms with van der Waals surface area (Å²) in [6, 6.07) is 12.5. The Morgan fingerprint density at radius 2 is 1.74 bits per heavy atom. The second kappa shape index (κ2) is 8.16. The van der Waals surface area contributed by atoms with Gasteiger partial charge in [0.05, 0.1) is 11.4 Å². The number of aryl methyl sites for hydroxylation is 1. The van der Waals surface area contributed by atoms with Gasteiger partial charge in [0.25, 0.3) is 0 Å². The van der Waals surface area contributed by atoms with E-state index in [0.29, 0.717) is 13.1 Å². The zero-order chi connectivity index (χ0) is 19.4. The Morgan fingerprint density at radius 1 is 1.07 bits per heavy atom. The van der Waals surface area contributed by atoms with Gasteiger partial charge >= 0.3 is 0 Å². The van der Waals surface area contributed by atoms with E-state index in [1.54, 1.807) is 0 Å². The summed E-state index contributed by atoms with van der Waals surface area (Å²) in [5.41, 5.74) is 1.85. The van der Waals surface area contributed by atoms with Gasteiger partial charge in [0.15, 0.2) is 0 Å². The number of rotatable bonds is 5. The molecule has 0 unspecified atom stereocenters. The van der Waals surface area contributed by atoms with Crippen molar-refractivity contribution in [3.63, 3.8) is 0 Å². The van der Waals surface area contributed by atoms with Crippen LogP contribution in [0.3, 0.4) is 0 Å². The van der Waals surface area contributed by atoms with Crippen LogP contribution >= 0.6 is 0 Å². The Labute approximate surface area is 158 Å². The average Bonchev–Trinajstić information content (AvgIpc) is 2.64. The van der Waals surface area contributed by atoms with Crippen LogP contribution in [0.5, 0.6) is 0 Å². The molecule has 0 aliphatic carbocycles. The molecule has 144 valence electrons. The van der Waals surface area contributed by atoms with Gasteiger partial charge in [-0.2, -0.15) is 4.31 Å². The normalized spacial score (nSPS) is 16.2. The SMILES string of the molecule is Cc1ccc(NC(=O)CN2CCN(S(=O)(=O)c3cccc(F)c3)CC2)cc1. The van der Waals surface area contributed by atoms with Gasteiger partial charge in [-0.1, -0.05) is 23.8 Å². The number of sulfonamides is 1. The second-order valence-corrected chi connectivity index (χ2v) is 8.49. The van der Waals surface area contributed by atoms with E-state index < -0.39 is 15.8 Å². The predicted molar refractivity (Wildman–Crippen MR) is 101 cm³/mol. The van der Waals surface area contributed by atoms with Crippen molar-refractivity contribution in [3.05, 3.63) is 59.9 Å². The molecule has 6 nitrogen and oxygen atoms in total. The van der Waals surface area contributed by atoms with Gasteiger partial charge in [0.2, 0.25) is 15.9 Å². The van der Waals surface area contributed by atoms with Gasteiger partial charge in [-0.3, -0.25) is 9.69 Å². The molecule has 0 saturated carbocycles. The number of hydrogen-bond acceptors (Lipinski definition) is 4. The number of piperazine rings is 1. The Kier molecular flexibility index (Phi) is 5.88. The van der Waals surface area contributed by atoms with Crippen LogP contribution in [-0.2, 0) is 14.8 Å². The topological polar surface area (TPSA) is 69.7 Å². The molecule has 0 spiro atoms. The highest BCUT2D eigenvalue weighted by atomic mass is 32.2. The maximum absolute atomic E-state index is 13.3. The van der Waals surface area contributed by atoms with Crippen molar-refractivity contribution in [3.8, 4) is 0 Å². The maximum Gasteiger partial charge on any atom is 0.243 e. The molecule has 0 bridgehead atoms. The molecule has 2 aromatic carbocycles. The van der Waals surface area contributed by atoms with Crippen LogP contribution in [0.25, 0.3) is 0 Å². The molecule has 27 heavy (non-hydrogen) atoms. The summed E-state index contributed by atoms with van der Waals surface area (Å²) < 4.78 is 39.9. The molecule has 1 heterocycles. The van der Waals surface area contributed by atoms with Crippen LogP contribution in [0.1, 0.15) is 5.56 Å². The molecular weight excluding hydrogens is 369 g/mol. The Morgan fingerprint density at radius 3 is 2.37 bits per heavy atom. The predicted octanol–water partition coefficient (Wildman–Crippen LogP) is 2.08. The van der Waals surface area contributed by atoms with Crippen LogP contribution < -0.4 is 5.32 Å². The van der Waals surface area contributed by atoms with E-state index >= 15 is 0 Å². The van der Waals surface area contributed by atoms with Crippen LogP contribution in [-0.4, -0.2) is 56.3 Å². The number of halogens is 1. The molecule has 1 fully saturated rings. The third kappa shape index (κ3) is 4.91. The molecule has 0 aromatic heterocycles. The minimum absolute atomic E-state index is 0.0481. The lowest BCUT2D eigenvalue weighted by Gasteiger charge is -2.33. The van der Waals surface area contributed by atoms with Gasteiger partial charge in [-0.05, 0) is 37.3 Å². The molecule has 1 amide bonds. The summed E-state index contributed by atoms with van der Waals surface area (Å²) in [5, 5.41) is 2.84. The molecule has 3 rings (SSSR count). The maximum atomic E-state index is 13.3. The van der Waals surface area contributed by atoms with E-state index in [4.69, 9.17) is 0 Å². The van der Waals surface area contributed by atoms with E-state index in [0.717, 1.165) is 17.3 Å². The van der Waals surface area contributed by atoms with Gasteiger partial charge < -0.3 is 5.32 Å². The fraction of sp³-hybridized carbons (Fsp3) is 0.316. The Bertz CT molecular complexity index is 908. The van der Waals surface area contributed by atoms with E-state index in [1.807, 2.05) is 36.1 Å². The third-order valence-corrected chi connectivity index (χ3v) is 6.36. The summed E-state index contributed by atoms with van der Waals surface area (Å²) in [6.07, 6.45) is 0. The molecule has 8 heteroatoms. The van der Waals surface area contributed by atoms with E-state index in [2.05, 4.69) is 5.32 Å². The minimum atomic E-state index is -3.72. The van der Waals surface area contributed by atoms with E-state index in [-0.39, 0.29) is 30.4 Å². The molecule has 0 radical (unpaired) electrons. The largest absolute Gasteiger partial charge is 0.325 e. The lowest BCUT2D eigenvalue weighted by atomic mass is 10.2. The molecule has 1 aliphatic heterocycles. The summed E-state index contributed by atoms with van der Waals surface area (Å²) >= 11 is 0. The highest BCUT2D eigenvalue weighted by Gasteiger charge is 2.29. The molecule has 1 saturated heterocycles. The Balaban J connectivity index is 1.54. The second-order valence-electron chi connectivity index (χ2n) is 6.55. The number of amides is 1. The summed E-state index contributed by atoms with van der Waals surface area (Å²) in [7, 11) is -3.72. The Hall–Kier alpha value is -2.29. The van der Waals surface area contributed by atoms with Crippen molar-refractivity contribution in [1.29, 1.82) is 0 Å². The van der Waals surface area contributed by atoms with Crippen molar-refractivity contribution < 1.29 is 17.6 Å². The van der Waals surface area contributed by atoms with E-state index in [9.17, 15) is 17.6 Å². The third-order valence-electron chi connectivity index (χ3n) is 4.47. The molecular formula is C19H22FN3O3S. The number of carbonyl (C=O) groups is 1. The molecule has 1 aliphatic rings. The number of hydrogen-bond donors (Lipinski definition) is 1. The van der Waals surface area contributed by atoms with Gasteiger partial charge in [0.1, 0.15) is 5.82 Å². The number of anilines is 1. The van der Waals surface area contributed by atoms with Crippen LogP contribution in [0.2, 0.25) is 0 Å². The van der Waals surface area contributed by atoms with Crippen molar-refractivity contribution in [2.24, 2.45) is 0 Å². The van der Waals surface area contributed by atoms with Gasteiger partial charge in [-0.15, -0.1) is 0 Å². The first-order chi connectivity index (χ1) is 12.8. The van der Waals surface area contributed by atoms with E-state index in [1.165, 1.54) is 22.5 Å². The van der Waals surface area contributed by atoms with Crippen LogP contribution in [0.4, 0.5) is 10.1 Å². The molecule has 1 N–H and O–H groups in total. The standard InChI is InChI=1S/C19H22FN3O3S/c1-15-5-7-17(8-6-15)21-19(24)14-22-9-11-23(12-10-22)27(25,26)18-4-2-3-16(20)13-18/h2-8,13H,9-12,14H2,1H3,(H,21,24). The molecule has 2 aromatic rings. The smallest absolute Gasteiger partial charge is 0.243 e. The number of carbonyl (C=O) groups excluding carboxylic acids is 1. The number of nitrogens with zero attached hydrogens (tertiary/aromatic N) is 2. The first-order valence-corrected chi connectivity index (χ1v) is 10.1. The zero-order valence-corrected chi connectivity index (χ0v) is 15.9. The highest BCUT2D eigenvalue weighted by Crippen LogP contribution is 2.18. The highest BCUT2D eigenvalue weighted by molar-refractivity contribution is 7.89. The number of benzene rings is 2. The fourth-order valence-electron chi connectivity index (χ4n) is 2.95. The van der Waals surface area contributed by atoms with Gasteiger partial charge in [-0.25, -0.2) is 12.8 Å². The summed E-state index contributed by atoms with van der Waals surface area (Å²) in [4.78, 5) is 14.0. The first kappa shape index (κ1) is 19.5. The zero-order valence-electron chi connectivity index (χ0n) is 15.1. The minimum Gasteiger partial charge on any atom is -0.325 e. The lowest BCUT2D eigenvalue weighted by Crippen LogP contribution is -2.50. The van der Waals surface area contributed by atoms with Crippen LogP contribution in [0, 0.1) is 12.7 Å². The van der Waals surface area contributed by atoms with Crippen LogP contribution in [0.15, 0.2) is 53.4 Å². The quantitative estimate of drug-likeness (QED) is 0.847. The molecule has 0 atom stereocenters.